The van der Waals surface area contributed by atoms with Gasteiger partial charge in [-0.05, 0) is 69.9 Å². The van der Waals surface area contributed by atoms with E-state index >= 15 is 4.39 Å². The molecular weight excluding hydrogens is 533 g/mol. The highest BCUT2D eigenvalue weighted by Gasteiger charge is 2.45. The summed E-state index contributed by atoms with van der Waals surface area (Å²) in [5.74, 6) is -5.78. The minimum atomic E-state index is -4.66. The quantitative estimate of drug-likeness (QED) is 0.179. The van der Waals surface area contributed by atoms with E-state index < -0.39 is 35.3 Å². The van der Waals surface area contributed by atoms with E-state index in [-0.39, 0.29) is 40.6 Å². The molecule has 0 saturated heterocycles. The molecule has 1 N–H and O–H groups in total. The lowest BCUT2D eigenvalue weighted by molar-refractivity contribution is -0.178. The van der Waals surface area contributed by atoms with Gasteiger partial charge in [-0.25, -0.2) is 4.39 Å². The summed E-state index contributed by atoms with van der Waals surface area (Å²) in [5.41, 5.74) is -0.579. The Balaban J connectivity index is 2.12. The number of anilines is 1. The molecule has 0 aliphatic carbocycles. The summed E-state index contributed by atoms with van der Waals surface area (Å²) >= 11 is 12.0. The second kappa shape index (κ2) is 13.0. The van der Waals surface area contributed by atoms with Crippen molar-refractivity contribution in [1.29, 1.82) is 0 Å². The summed E-state index contributed by atoms with van der Waals surface area (Å²) < 4.78 is 61.2. The van der Waals surface area contributed by atoms with Crippen LogP contribution in [0.4, 0.5) is 23.2 Å². The molecule has 0 aliphatic rings. The largest absolute Gasteiger partial charge is 0.460 e. The van der Waals surface area contributed by atoms with Gasteiger partial charge in [-0.1, -0.05) is 48.7 Å². The van der Waals surface area contributed by atoms with Crippen LogP contribution in [0.5, 0.6) is 0 Å². The Morgan fingerprint density at radius 3 is 2.16 bits per heavy atom. The third-order valence-electron chi connectivity index (χ3n) is 5.70. The van der Waals surface area contributed by atoms with Crippen LogP contribution >= 0.6 is 23.2 Å². The molecule has 0 saturated carbocycles. The highest BCUT2D eigenvalue weighted by Crippen LogP contribution is 2.39. The zero-order chi connectivity index (χ0) is 28.0. The number of amides is 1. The third kappa shape index (κ3) is 9.49. The molecule has 4 nitrogen and oxygen atoms in total. The van der Waals surface area contributed by atoms with E-state index in [1.54, 1.807) is 20.8 Å². The molecule has 204 valence electrons. The van der Waals surface area contributed by atoms with Crippen molar-refractivity contribution in [2.75, 3.05) is 5.32 Å². The number of hydrogen-bond acceptors (Lipinski definition) is 3. The fourth-order valence-corrected chi connectivity index (χ4v) is 4.17. The molecule has 0 aromatic heterocycles. The van der Waals surface area contributed by atoms with Gasteiger partial charge in [0.25, 0.3) is 0 Å². The van der Waals surface area contributed by atoms with Crippen molar-refractivity contribution in [2.24, 2.45) is 5.92 Å². The van der Waals surface area contributed by atoms with Crippen LogP contribution in [0.2, 0.25) is 10.0 Å². The number of esters is 1. The molecule has 0 heterocycles. The van der Waals surface area contributed by atoms with Crippen molar-refractivity contribution in [1.82, 2.24) is 0 Å². The molecule has 0 spiro atoms. The summed E-state index contributed by atoms with van der Waals surface area (Å²) in [6.07, 6.45) is -2.55. The van der Waals surface area contributed by atoms with Gasteiger partial charge < -0.3 is 10.1 Å². The number of carbonyl (C=O) groups is 2. The lowest BCUT2D eigenvalue weighted by Crippen LogP contribution is -2.34. The van der Waals surface area contributed by atoms with E-state index in [0.717, 1.165) is 6.92 Å². The summed E-state index contributed by atoms with van der Waals surface area (Å²) in [7, 11) is 0. The molecule has 0 unspecified atom stereocenters. The Hall–Kier alpha value is -2.32. The summed E-state index contributed by atoms with van der Waals surface area (Å²) in [6, 6.07) is 8.08. The Labute approximate surface area is 224 Å². The smallest absolute Gasteiger partial charge is 0.392 e. The van der Waals surface area contributed by atoms with Crippen LogP contribution in [0.25, 0.3) is 0 Å². The highest BCUT2D eigenvalue weighted by atomic mass is 35.5. The molecule has 2 aromatic carbocycles. The van der Waals surface area contributed by atoms with Crippen molar-refractivity contribution < 1.29 is 31.9 Å². The Morgan fingerprint density at radius 1 is 0.973 bits per heavy atom. The second-order valence-corrected chi connectivity index (χ2v) is 10.7. The monoisotopic (exact) mass is 563 g/mol. The number of benzene rings is 2. The maximum absolute atomic E-state index is 15.3. The maximum atomic E-state index is 15.3. The van der Waals surface area contributed by atoms with Crippen molar-refractivity contribution in [2.45, 2.75) is 77.5 Å². The van der Waals surface area contributed by atoms with E-state index in [9.17, 15) is 22.8 Å². The second-order valence-electron chi connectivity index (χ2n) is 9.88. The number of nitrogens with one attached hydrogen (secondary N) is 1. The van der Waals surface area contributed by atoms with Crippen LogP contribution in [0.1, 0.15) is 70.4 Å². The SMILES string of the molecule is C[C@H]([C@H](C(=O)Nc1ccc(Cl)c(CCCCCC(=O)OC(C)(C)C)c1F)c1ccc(Cl)cc1)C(F)(F)F. The van der Waals surface area contributed by atoms with Crippen LogP contribution < -0.4 is 5.32 Å². The van der Waals surface area contributed by atoms with Gasteiger partial charge in [-0.15, -0.1) is 0 Å². The molecule has 0 radical (unpaired) electrons. The highest BCUT2D eigenvalue weighted by molar-refractivity contribution is 6.31. The van der Waals surface area contributed by atoms with Gasteiger partial charge in [0.1, 0.15) is 5.60 Å². The average molecular weight is 564 g/mol. The van der Waals surface area contributed by atoms with Gasteiger partial charge in [-0.3, -0.25) is 9.59 Å². The van der Waals surface area contributed by atoms with Gasteiger partial charge in [-0.2, -0.15) is 13.2 Å². The van der Waals surface area contributed by atoms with Gasteiger partial charge >= 0.3 is 12.1 Å². The number of hydrogen-bond donors (Lipinski definition) is 1. The van der Waals surface area contributed by atoms with Gasteiger partial charge in [0.2, 0.25) is 5.91 Å². The van der Waals surface area contributed by atoms with Crippen LogP contribution in [0.3, 0.4) is 0 Å². The van der Waals surface area contributed by atoms with Crippen LogP contribution in [0.15, 0.2) is 36.4 Å². The van der Waals surface area contributed by atoms with E-state index in [4.69, 9.17) is 27.9 Å². The summed E-state index contributed by atoms with van der Waals surface area (Å²) in [6.45, 7) is 6.24. The Morgan fingerprint density at radius 2 is 1.59 bits per heavy atom. The molecule has 0 fully saturated rings. The van der Waals surface area contributed by atoms with Crippen molar-refractivity contribution in [3.8, 4) is 0 Å². The topological polar surface area (TPSA) is 55.4 Å². The number of ether oxygens (including phenoxy) is 1. The van der Waals surface area contributed by atoms with Crippen LogP contribution in [0, 0.1) is 11.7 Å². The first-order valence-corrected chi connectivity index (χ1v) is 12.7. The molecule has 0 bridgehead atoms. The summed E-state index contributed by atoms with van der Waals surface area (Å²) in [4.78, 5) is 24.8. The van der Waals surface area contributed by atoms with Gasteiger partial charge in [0.05, 0.1) is 17.5 Å². The first-order valence-electron chi connectivity index (χ1n) is 11.9. The van der Waals surface area contributed by atoms with E-state index in [0.29, 0.717) is 24.3 Å². The fourth-order valence-electron chi connectivity index (χ4n) is 3.80. The molecule has 2 rings (SSSR count). The Kier molecular flexibility index (Phi) is 10.8. The van der Waals surface area contributed by atoms with Crippen molar-refractivity contribution in [3.63, 3.8) is 0 Å². The zero-order valence-electron chi connectivity index (χ0n) is 21.1. The van der Waals surface area contributed by atoms with Crippen molar-refractivity contribution in [3.05, 3.63) is 63.4 Å². The van der Waals surface area contributed by atoms with Gasteiger partial charge in [0, 0.05) is 22.0 Å². The lowest BCUT2D eigenvalue weighted by atomic mass is 9.85. The maximum Gasteiger partial charge on any atom is 0.392 e. The van der Waals surface area contributed by atoms with Gasteiger partial charge in [0.15, 0.2) is 5.82 Å². The van der Waals surface area contributed by atoms with E-state index in [1.807, 2.05) is 0 Å². The molecule has 10 heteroatoms. The number of unbranched alkanes of at least 4 members (excludes halogenated alkanes) is 2. The fraction of sp³-hybridized carbons (Fsp3) is 0.481. The molecule has 2 aromatic rings. The number of alkyl halides is 3. The predicted octanol–water partition coefficient (Wildman–Crippen LogP) is 8.50. The standard InChI is InChI=1S/C27H31Cl2F4NO3/c1-16(27(31,32)33)23(17-10-12-18(28)13-11-17)25(36)34-21-15-14-20(29)19(24(21)30)8-6-5-7-9-22(35)37-26(2,3)4/h10-16,23H,5-9H2,1-4H3,(H,34,36)/t16-,23+/m1/s1. The van der Waals surface area contributed by atoms with Crippen LogP contribution in [-0.4, -0.2) is 23.7 Å². The first-order chi connectivity index (χ1) is 17.1. The lowest BCUT2D eigenvalue weighted by Gasteiger charge is -2.26. The third-order valence-corrected chi connectivity index (χ3v) is 6.31. The van der Waals surface area contributed by atoms with Crippen LogP contribution in [-0.2, 0) is 20.7 Å². The minimum Gasteiger partial charge on any atom is -0.460 e. The average Bonchev–Trinajstić information content (AvgIpc) is 2.77. The molecule has 37 heavy (non-hydrogen) atoms. The predicted molar refractivity (Wildman–Crippen MR) is 137 cm³/mol. The minimum absolute atomic E-state index is 0.103. The molecule has 1 amide bonds. The molecule has 0 aliphatic heterocycles. The molecular formula is C27H31Cl2F4NO3. The first kappa shape index (κ1) is 30.9. The summed E-state index contributed by atoms with van der Waals surface area (Å²) in [5, 5.41) is 2.76. The Bertz CT molecular complexity index is 1080. The number of halogens is 6. The number of carbonyl (C=O) groups excluding carboxylic acids is 2. The normalized spacial score (nSPS) is 13.7. The van der Waals surface area contributed by atoms with E-state index in [2.05, 4.69) is 5.32 Å². The van der Waals surface area contributed by atoms with E-state index in [1.165, 1.54) is 36.4 Å². The van der Waals surface area contributed by atoms with Crippen molar-refractivity contribution >= 4 is 40.8 Å². The number of rotatable bonds is 10. The zero-order valence-corrected chi connectivity index (χ0v) is 22.7. The molecule has 2 atom stereocenters.